The van der Waals surface area contributed by atoms with Gasteiger partial charge in [0, 0.05) is 34.3 Å². The number of nitrogens with zero attached hydrogens (tertiary/aromatic N) is 2. The van der Waals surface area contributed by atoms with Gasteiger partial charge in [-0.3, -0.25) is 14.4 Å². The second kappa shape index (κ2) is 12.3. The number of esters is 1. The quantitative estimate of drug-likeness (QED) is 0.201. The van der Waals surface area contributed by atoms with Crippen LogP contribution in [-0.2, 0) is 16.0 Å². The van der Waals surface area contributed by atoms with Crippen molar-refractivity contribution in [3.05, 3.63) is 117 Å². The van der Waals surface area contributed by atoms with Crippen molar-refractivity contribution in [1.82, 2.24) is 9.78 Å². The maximum atomic E-state index is 13.6. The van der Waals surface area contributed by atoms with Crippen molar-refractivity contribution in [1.29, 1.82) is 0 Å². The molecule has 1 atom stereocenters. The molecule has 41 heavy (non-hydrogen) atoms. The van der Waals surface area contributed by atoms with Crippen molar-refractivity contribution < 1.29 is 19.1 Å². The third kappa shape index (κ3) is 7.55. The Morgan fingerprint density at radius 2 is 1.66 bits per heavy atom. The Labute approximate surface area is 242 Å². The van der Waals surface area contributed by atoms with Crippen molar-refractivity contribution in [2.75, 3.05) is 5.32 Å². The summed E-state index contributed by atoms with van der Waals surface area (Å²) < 4.78 is 6.51. The summed E-state index contributed by atoms with van der Waals surface area (Å²) in [6.07, 6.45) is 1.64. The van der Waals surface area contributed by atoms with Crippen molar-refractivity contribution in [2.45, 2.75) is 45.8 Å². The van der Waals surface area contributed by atoms with Crippen LogP contribution >= 0.6 is 11.6 Å². The van der Waals surface area contributed by atoms with Crippen molar-refractivity contribution in [3.8, 4) is 11.1 Å². The van der Waals surface area contributed by atoms with E-state index in [9.17, 15) is 19.2 Å². The number of amides is 1. The smallest absolute Gasteiger partial charge is 0.338 e. The van der Waals surface area contributed by atoms with Crippen LogP contribution < -0.4 is 10.9 Å². The molecule has 0 fully saturated rings. The number of hydrogen-bond donors (Lipinski definition) is 1. The van der Waals surface area contributed by atoms with Gasteiger partial charge in [0.15, 0.2) is 5.78 Å². The minimum Gasteiger partial charge on any atom is -0.456 e. The molecule has 1 unspecified atom stereocenters. The van der Waals surface area contributed by atoms with Crippen LogP contribution in [0.2, 0.25) is 5.02 Å². The molecule has 0 radical (unpaired) electrons. The van der Waals surface area contributed by atoms with Crippen molar-refractivity contribution in [2.24, 2.45) is 0 Å². The summed E-state index contributed by atoms with van der Waals surface area (Å²) in [5, 5.41) is 7.58. The zero-order chi connectivity index (χ0) is 29.7. The summed E-state index contributed by atoms with van der Waals surface area (Å²) in [4.78, 5) is 51.4. The Morgan fingerprint density at radius 1 is 0.976 bits per heavy atom. The summed E-state index contributed by atoms with van der Waals surface area (Å²) >= 11 is 6.16. The number of hydrogen-bond acceptors (Lipinski definition) is 6. The van der Waals surface area contributed by atoms with Gasteiger partial charge in [0.2, 0.25) is 5.91 Å². The van der Waals surface area contributed by atoms with Crippen LogP contribution in [0, 0.1) is 0 Å². The molecular weight excluding hydrogens is 542 g/mol. The number of carbonyl (C=O) groups is 3. The normalized spacial score (nSPS) is 11.9. The predicted molar refractivity (Wildman–Crippen MR) is 158 cm³/mol. The summed E-state index contributed by atoms with van der Waals surface area (Å²) in [5.74, 6) is -1.12. The molecule has 1 N–H and O–H groups in total. The van der Waals surface area contributed by atoms with Crippen molar-refractivity contribution >= 4 is 34.9 Å². The van der Waals surface area contributed by atoms with Crippen LogP contribution in [0.15, 0.2) is 89.9 Å². The Bertz CT molecular complexity index is 1640. The van der Waals surface area contributed by atoms with Crippen LogP contribution in [0.1, 0.15) is 60.0 Å². The second-order valence-corrected chi connectivity index (χ2v) is 11.0. The highest BCUT2D eigenvalue weighted by atomic mass is 35.5. The lowest BCUT2D eigenvalue weighted by Gasteiger charge is -2.20. The summed E-state index contributed by atoms with van der Waals surface area (Å²) in [5.41, 5.74) is 1.76. The fourth-order valence-electron chi connectivity index (χ4n) is 4.24. The van der Waals surface area contributed by atoms with E-state index in [1.54, 1.807) is 63.2 Å². The first-order valence-corrected chi connectivity index (χ1v) is 13.4. The van der Waals surface area contributed by atoms with E-state index < -0.39 is 29.1 Å². The molecule has 0 aliphatic heterocycles. The van der Waals surface area contributed by atoms with Crippen LogP contribution in [0.5, 0.6) is 0 Å². The van der Waals surface area contributed by atoms with Crippen LogP contribution in [0.3, 0.4) is 0 Å². The first-order valence-electron chi connectivity index (χ1n) is 13.0. The Balaban J connectivity index is 1.64. The Kier molecular flexibility index (Phi) is 8.83. The number of rotatable bonds is 8. The second-order valence-electron chi connectivity index (χ2n) is 10.5. The average molecular weight is 572 g/mol. The lowest BCUT2D eigenvalue weighted by Crippen LogP contribution is -2.36. The molecule has 0 spiro atoms. The molecule has 0 saturated carbocycles. The molecule has 0 saturated heterocycles. The number of carbonyl (C=O) groups excluding carboxylic acids is 3. The lowest BCUT2D eigenvalue weighted by atomic mass is 9.99. The maximum Gasteiger partial charge on any atom is 0.338 e. The number of anilines is 1. The van der Waals surface area contributed by atoms with Crippen LogP contribution in [0.25, 0.3) is 11.1 Å². The van der Waals surface area contributed by atoms with E-state index in [0.717, 1.165) is 10.2 Å². The van der Waals surface area contributed by atoms with E-state index in [2.05, 4.69) is 10.4 Å². The van der Waals surface area contributed by atoms with Gasteiger partial charge >= 0.3 is 5.97 Å². The van der Waals surface area contributed by atoms with E-state index in [0.29, 0.717) is 33.0 Å². The fraction of sp³-hybridized carbons (Fsp3) is 0.219. The van der Waals surface area contributed by atoms with E-state index >= 15 is 0 Å². The highest BCUT2D eigenvalue weighted by Gasteiger charge is 2.25. The summed E-state index contributed by atoms with van der Waals surface area (Å²) in [7, 11) is 0. The van der Waals surface area contributed by atoms with Gasteiger partial charge in [0.1, 0.15) is 11.6 Å². The predicted octanol–water partition coefficient (Wildman–Crippen LogP) is 6.14. The van der Waals surface area contributed by atoms with Crippen LogP contribution in [-0.4, -0.2) is 33.0 Å². The third-order valence-electron chi connectivity index (χ3n) is 6.15. The molecular formula is C32H30ClN3O5. The molecule has 1 amide bonds. The van der Waals surface area contributed by atoms with Crippen molar-refractivity contribution in [3.63, 3.8) is 0 Å². The standard InChI is InChI=1S/C32H30ClN3O5/c1-20(37)26-15-12-24(33)18-27(26)23-17-29(38)36(34-19-23)28(16-21-8-6-5-7-9-21)30(39)35-25-13-10-22(11-14-25)31(40)41-32(2,3)4/h5-15,17-19,28H,16H2,1-4H3,(H,35,39). The first-order chi connectivity index (χ1) is 19.4. The maximum absolute atomic E-state index is 13.6. The van der Waals surface area contributed by atoms with Gasteiger partial charge in [0.25, 0.3) is 5.56 Å². The minimum atomic E-state index is -0.990. The molecule has 4 aromatic rings. The molecule has 1 heterocycles. The Morgan fingerprint density at radius 3 is 2.27 bits per heavy atom. The highest BCUT2D eigenvalue weighted by Crippen LogP contribution is 2.27. The number of ether oxygens (including phenoxy) is 1. The monoisotopic (exact) mass is 571 g/mol. The molecule has 3 aromatic carbocycles. The lowest BCUT2D eigenvalue weighted by molar-refractivity contribution is -0.119. The van der Waals surface area contributed by atoms with E-state index in [1.165, 1.54) is 19.2 Å². The highest BCUT2D eigenvalue weighted by molar-refractivity contribution is 6.31. The number of benzene rings is 3. The minimum absolute atomic E-state index is 0.181. The number of Topliss-reactive ketones (excluding diaryl/α,β-unsaturated/α-hetero) is 1. The molecule has 1 aromatic heterocycles. The van der Waals surface area contributed by atoms with E-state index in [4.69, 9.17) is 16.3 Å². The third-order valence-corrected chi connectivity index (χ3v) is 6.39. The van der Waals surface area contributed by atoms with Gasteiger partial charge in [-0.2, -0.15) is 5.10 Å². The van der Waals surface area contributed by atoms with Gasteiger partial charge in [-0.15, -0.1) is 0 Å². The molecule has 0 aliphatic rings. The summed E-state index contributed by atoms with van der Waals surface area (Å²) in [6.45, 7) is 6.78. The average Bonchev–Trinajstić information content (AvgIpc) is 2.91. The molecule has 0 aliphatic carbocycles. The van der Waals surface area contributed by atoms with Gasteiger partial charge in [0.05, 0.1) is 11.8 Å². The molecule has 8 nitrogen and oxygen atoms in total. The van der Waals surface area contributed by atoms with Gasteiger partial charge in [-0.05, 0) is 81.3 Å². The number of aromatic nitrogens is 2. The van der Waals surface area contributed by atoms with Gasteiger partial charge in [-0.1, -0.05) is 41.9 Å². The summed E-state index contributed by atoms with van der Waals surface area (Å²) in [6, 6.07) is 20.8. The SMILES string of the molecule is CC(=O)c1ccc(Cl)cc1-c1cnn(C(Cc2ccccc2)C(=O)Nc2ccc(C(=O)OC(C)(C)C)cc2)c(=O)c1. The molecule has 4 rings (SSSR count). The first kappa shape index (κ1) is 29.4. The molecule has 210 valence electrons. The van der Waals surface area contributed by atoms with Crippen LogP contribution in [0.4, 0.5) is 5.69 Å². The Hall–Kier alpha value is -4.56. The largest absolute Gasteiger partial charge is 0.456 e. The van der Waals surface area contributed by atoms with Gasteiger partial charge in [-0.25, -0.2) is 9.48 Å². The van der Waals surface area contributed by atoms with E-state index in [-0.39, 0.29) is 12.2 Å². The zero-order valence-electron chi connectivity index (χ0n) is 23.2. The number of nitrogens with one attached hydrogen (secondary N) is 1. The zero-order valence-corrected chi connectivity index (χ0v) is 23.9. The van der Waals surface area contributed by atoms with Gasteiger partial charge < -0.3 is 10.1 Å². The fourth-order valence-corrected chi connectivity index (χ4v) is 4.41. The number of halogens is 1. The number of ketones is 1. The molecule has 0 bridgehead atoms. The van der Waals surface area contributed by atoms with E-state index in [1.807, 2.05) is 30.3 Å². The molecule has 9 heteroatoms. The topological polar surface area (TPSA) is 107 Å².